The van der Waals surface area contributed by atoms with Crippen LogP contribution in [0.3, 0.4) is 0 Å². The van der Waals surface area contributed by atoms with E-state index in [0.717, 1.165) is 18.4 Å². The molecule has 1 aromatic rings. The van der Waals surface area contributed by atoms with Crippen LogP contribution in [0.15, 0.2) is 24.3 Å². The SMILES string of the molecule is CCCc1ccc(C#CCCCl)cc1. The number of alkyl halides is 1. The third-order valence-electron chi connectivity index (χ3n) is 1.94. The molecule has 0 aliphatic rings. The summed E-state index contributed by atoms with van der Waals surface area (Å²) in [6.07, 6.45) is 3.10. The van der Waals surface area contributed by atoms with Gasteiger partial charge in [-0.2, -0.15) is 0 Å². The molecule has 0 amide bonds. The minimum Gasteiger partial charge on any atom is -0.126 e. The Hall–Kier alpha value is -0.930. The molecule has 0 saturated heterocycles. The Morgan fingerprint density at radius 1 is 1.21 bits per heavy atom. The lowest BCUT2D eigenvalue weighted by atomic mass is 10.1. The molecular formula is C13H15Cl. The smallest absolute Gasteiger partial charge is 0.0333 e. The van der Waals surface area contributed by atoms with Gasteiger partial charge in [0.05, 0.1) is 0 Å². The molecule has 0 fully saturated rings. The first-order valence-corrected chi connectivity index (χ1v) is 5.54. The molecule has 0 spiro atoms. The predicted octanol–water partition coefficient (Wildman–Crippen LogP) is 3.62. The highest BCUT2D eigenvalue weighted by molar-refractivity contribution is 6.18. The van der Waals surface area contributed by atoms with Crippen molar-refractivity contribution < 1.29 is 0 Å². The topological polar surface area (TPSA) is 0 Å². The van der Waals surface area contributed by atoms with Crippen LogP contribution in [0.2, 0.25) is 0 Å². The van der Waals surface area contributed by atoms with Crippen molar-refractivity contribution in [3.8, 4) is 11.8 Å². The maximum absolute atomic E-state index is 5.53. The van der Waals surface area contributed by atoms with Crippen molar-refractivity contribution >= 4 is 11.6 Å². The second-order valence-electron chi connectivity index (χ2n) is 3.19. The van der Waals surface area contributed by atoms with Crippen LogP contribution in [0.4, 0.5) is 0 Å². The molecule has 74 valence electrons. The van der Waals surface area contributed by atoms with Crippen LogP contribution in [-0.4, -0.2) is 5.88 Å². The maximum Gasteiger partial charge on any atom is 0.0333 e. The zero-order valence-corrected chi connectivity index (χ0v) is 9.27. The lowest BCUT2D eigenvalue weighted by Gasteiger charge is -1.97. The lowest BCUT2D eigenvalue weighted by Crippen LogP contribution is -1.82. The summed E-state index contributed by atoms with van der Waals surface area (Å²) in [5.41, 5.74) is 2.46. The fraction of sp³-hybridized carbons (Fsp3) is 0.385. The van der Waals surface area contributed by atoms with E-state index in [1.165, 1.54) is 12.0 Å². The van der Waals surface area contributed by atoms with E-state index in [1.54, 1.807) is 0 Å². The number of benzene rings is 1. The molecule has 0 radical (unpaired) electrons. The van der Waals surface area contributed by atoms with E-state index in [1.807, 2.05) is 0 Å². The number of hydrogen-bond donors (Lipinski definition) is 0. The van der Waals surface area contributed by atoms with Crippen LogP contribution >= 0.6 is 11.6 Å². The van der Waals surface area contributed by atoms with E-state index in [-0.39, 0.29) is 0 Å². The van der Waals surface area contributed by atoms with E-state index in [0.29, 0.717) is 5.88 Å². The zero-order valence-electron chi connectivity index (χ0n) is 8.52. The minimum absolute atomic E-state index is 0.612. The van der Waals surface area contributed by atoms with Crippen molar-refractivity contribution in [2.75, 3.05) is 5.88 Å². The highest BCUT2D eigenvalue weighted by Crippen LogP contribution is 2.05. The second-order valence-corrected chi connectivity index (χ2v) is 3.57. The van der Waals surface area contributed by atoms with Crippen molar-refractivity contribution in [3.05, 3.63) is 35.4 Å². The van der Waals surface area contributed by atoms with E-state index in [9.17, 15) is 0 Å². The summed E-state index contributed by atoms with van der Waals surface area (Å²) in [6.45, 7) is 2.19. The fourth-order valence-corrected chi connectivity index (χ4v) is 1.35. The molecule has 0 nitrogen and oxygen atoms in total. The monoisotopic (exact) mass is 206 g/mol. The molecule has 1 rings (SSSR count). The summed E-state index contributed by atoms with van der Waals surface area (Å²) in [4.78, 5) is 0. The van der Waals surface area contributed by atoms with E-state index in [4.69, 9.17) is 11.6 Å². The molecule has 1 aromatic carbocycles. The molecule has 0 aliphatic carbocycles. The number of aryl methyl sites for hydroxylation is 1. The van der Waals surface area contributed by atoms with Gasteiger partial charge in [0, 0.05) is 17.9 Å². The van der Waals surface area contributed by atoms with Crippen LogP contribution in [0.1, 0.15) is 30.9 Å². The molecule has 0 atom stereocenters. The quantitative estimate of drug-likeness (QED) is 0.524. The van der Waals surface area contributed by atoms with Gasteiger partial charge in [0.25, 0.3) is 0 Å². The van der Waals surface area contributed by atoms with Gasteiger partial charge in [-0.1, -0.05) is 37.3 Å². The Morgan fingerprint density at radius 2 is 1.93 bits per heavy atom. The summed E-state index contributed by atoms with van der Waals surface area (Å²) in [5.74, 6) is 6.71. The summed E-state index contributed by atoms with van der Waals surface area (Å²) in [6, 6.07) is 8.45. The van der Waals surface area contributed by atoms with Gasteiger partial charge in [-0.15, -0.1) is 11.6 Å². The normalized spacial score (nSPS) is 9.29. The van der Waals surface area contributed by atoms with Crippen LogP contribution in [0.5, 0.6) is 0 Å². The maximum atomic E-state index is 5.53. The van der Waals surface area contributed by atoms with Crippen molar-refractivity contribution in [1.82, 2.24) is 0 Å². The van der Waals surface area contributed by atoms with Crippen LogP contribution < -0.4 is 0 Å². The van der Waals surface area contributed by atoms with Crippen LogP contribution in [0.25, 0.3) is 0 Å². The van der Waals surface area contributed by atoms with Crippen molar-refractivity contribution in [1.29, 1.82) is 0 Å². The van der Waals surface area contributed by atoms with Gasteiger partial charge < -0.3 is 0 Å². The number of halogens is 1. The molecule has 0 aromatic heterocycles. The van der Waals surface area contributed by atoms with E-state index in [2.05, 4.69) is 43.0 Å². The Bertz CT molecular complexity index is 313. The van der Waals surface area contributed by atoms with E-state index < -0.39 is 0 Å². The summed E-state index contributed by atoms with van der Waals surface area (Å²) in [7, 11) is 0. The fourth-order valence-electron chi connectivity index (χ4n) is 1.26. The minimum atomic E-state index is 0.612. The second kappa shape index (κ2) is 6.51. The largest absolute Gasteiger partial charge is 0.126 e. The Kier molecular flexibility index (Phi) is 5.19. The standard InChI is InChI=1S/C13H15Cl/c1-2-5-12-7-9-13(10-8-12)6-3-4-11-14/h7-10H,2,4-5,11H2,1H3. The van der Waals surface area contributed by atoms with Gasteiger partial charge in [0.1, 0.15) is 0 Å². The molecule has 0 aliphatic heterocycles. The van der Waals surface area contributed by atoms with Crippen molar-refractivity contribution in [2.45, 2.75) is 26.2 Å². The van der Waals surface area contributed by atoms with Gasteiger partial charge in [-0.25, -0.2) is 0 Å². The van der Waals surface area contributed by atoms with E-state index >= 15 is 0 Å². The molecule has 0 saturated carbocycles. The molecule has 1 heteroatoms. The van der Waals surface area contributed by atoms with Gasteiger partial charge >= 0.3 is 0 Å². The first-order chi connectivity index (χ1) is 6.86. The molecule has 0 N–H and O–H groups in total. The van der Waals surface area contributed by atoms with Gasteiger partial charge in [0.2, 0.25) is 0 Å². The number of hydrogen-bond acceptors (Lipinski definition) is 0. The summed E-state index contributed by atoms with van der Waals surface area (Å²) in [5, 5.41) is 0. The molecule has 0 unspecified atom stereocenters. The van der Waals surface area contributed by atoms with Crippen molar-refractivity contribution in [3.63, 3.8) is 0 Å². The highest BCUT2D eigenvalue weighted by Gasteiger charge is 1.90. The number of rotatable bonds is 3. The summed E-state index contributed by atoms with van der Waals surface area (Å²) >= 11 is 5.53. The van der Waals surface area contributed by atoms with Gasteiger partial charge in [-0.05, 0) is 24.1 Å². The molecule has 0 bridgehead atoms. The third-order valence-corrected chi connectivity index (χ3v) is 2.13. The highest BCUT2D eigenvalue weighted by atomic mass is 35.5. The molecular weight excluding hydrogens is 192 g/mol. The third kappa shape index (κ3) is 3.85. The van der Waals surface area contributed by atoms with Gasteiger partial charge in [-0.3, -0.25) is 0 Å². The van der Waals surface area contributed by atoms with Gasteiger partial charge in [0.15, 0.2) is 0 Å². The molecule has 14 heavy (non-hydrogen) atoms. The Morgan fingerprint density at radius 3 is 2.50 bits per heavy atom. The first-order valence-electron chi connectivity index (χ1n) is 5.00. The first kappa shape index (κ1) is 11.1. The van der Waals surface area contributed by atoms with Crippen LogP contribution in [0, 0.1) is 11.8 Å². The van der Waals surface area contributed by atoms with Crippen molar-refractivity contribution in [2.24, 2.45) is 0 Å². The average Bonchev–Trinajstić information content (AvgIpc) is 2.21. The molecule has 0 heterocycles. The average molecular weight is 207 g/mol. The lowest BCUT2D eigenvalue weighted by molar-refractivity contribution is 0.922. The van der Waals surface area contributed by atoms with Crippen LogP contribution in [-0.2, 0) is 6.42 Å². The Labute approximate surface area is 91.3 Å². The predicted molar refractivity (Wildman–Crippen MR) is 62.7 cm³/mol. The zero-order chi connectivity index (χ0) is 10.2. The Balaban J connectivity index is 2.60. The summed E-state index contributed by atoms with van der Waals surface area (Å²) < 4.78 is 0.